The summed E-state index contributed by atoms with van der Waals surface area (Å²) in [6, 6.07) is 15.6. The van der Waals surface area contributed by atoms with Crippen LogP contribution >= 0.6 is 11.8 Å². The molecule has 0 radical (unpaired) electrons. The van der Waals surface area contributed by atoms with Gasteiger partial charge < -0.3 is 5.32 Å². The molecule has 2 aromatic carbocycles. The van der Waals surface area contributed by atoms with E-state index < -0.39 is 4.92 Å². The number of nitro benzene ring substituents is 1. The number of benzene rings is 2. The molecule has 0 atom stereocenters. The van der Waals surface area contributed by atoms with Gasteiger partial charge in [-0.05, 0) is 35.5 Å². The Morgan fingerprint density at radius 2 is 1.80 bits per heavy atom. The molecule has 0 saturated carbocycles. The largest absolute Gasteiger partial charge is 0.300 e. The van der Waals surface area contributed by atoms with Gasteiger partial charge in [0.15, 0.2) is 5.17 Å². The van der Waals surface area contributed by atoms with Crippen LogP contribution in [0.25, 0.3) is 6.08 Å². The molecule has 1 heterocycles. The first-order valence-electron chi connectivity index (χ1n) is 7.37. The molecule has 0 aliphatic carbocycles. The molecule has 7 heteroatoms. The van der Waals surface area contributed by atoms with Crippen molar-refractivity contribution in [3.05, 3.63) is 87.3 Å². The number of allylic oxidation sites excluding steroid dienone is 2. The van der Waals surface area contributed by atoms with E-state index in [1.807, 2.05) is 42.5 Å². The smallest absolute Gasteiger partial charge is 0.269 e. The molecule has 0 spiro atoms. The highest BCUT2D eigenvalue weighted by Crippen LogP contribution is 2.27. The third kappa shape index (κ3) is 4.42. The van der Waals surface area contributed by atoms with Crippen molar-refractivity contribution in [1.82, 2.24) is 5.32 Å². The van der Waals surface area contributed by atoms with Crippen LogP contribution in [0.1, 0.15) is 5.56 Å². The van der Waals surface area contributed by atoms with Gasteiger partial charge >= 0.3 is 0 Å². The van der Waals surface area contributed by atoms with Crippen molar-refractivity contribution in [1.29, 1.82) is 0 Å². The van der Waals surface area contributed by atoms with E-state index in [4.69, 9.17) is 0 Å². The number of amidine groups is 1. The molecular weight excluding hydrogens is 338 g/mol. The van der Waals surface area contributed by atoms with E-state index in [0.29, 0.717) is 15.8 Å². The summed E-state index contributed by atoms with van der Waals surface area (Å²) in [7, 11) is 0. The third-order valence-electron chi connectivity index (χ3n) is 3.28. The number of non-ortho nitro benzene ring substituents is 1. The standard InChI is InChI=1S/C18H13N3O3S/c22-17-16(8-4-7-13-5-2-1-3-6-13)25-18(20-17)19-14-9-11-15(12-10-14)21(23)24/h1-12H,(H,19,20,22)/b7-4-,16-8-. The van der Waals surface area contributed by atoms with Crippen LogP contribution in [0.5, 0.6) is 0 Å². The predicted molar refractivity (Wildman–Crippen MR) is 99.5 cm³/mol. The highest BCUT2D eigenvalue weighted by molar-refractivity contribution is 8.18. The van der Waals surface area contributed by atoms with Gasteiger partial charge in [-0.1, -0.05) is 42.5 Å². The van der Waals surface area contributed by atoms with Crippen LogP contribution in [0.4, 0.5) is 11.4 Å². The zero-order valence-electron chi connectivity index (χ0n) is 13.0. The average molecular weight is 351 g/mol. The van der Waals surface area contributed by atoms with Gasteiger partial charge in [0.05, 0.1) is 15.5 Å². The van der Waals surface area contributed by atoms with E-state index in [1.165, 1.54) is 36.0 Å². The van der Waals surface area contributed by atoms with Crippen LogP contribution < -0.4 is 5.32 Å². The summed E-state index contributed by atoms with van der Waals surface area (Å²) in [4.78, 5) is 26.9. The van der Waals surface area contributed by atoms with Gasteiger partial charge in [0, 0.05) is 12.1 Å². The molecule has 6 nitrogen and oxygen atoms in total. The number of nitrogens with one attached hydrogen (secondary N) is 1. The van der Waals surface area contributed by atoms with Gasteiger partial charge in [-0.15, -0.1) is 0 Å². The number of amides is 1. The lowest BCUT2D eigenvalue weighted by atomic mass is 10.2. The fourth-order valence-corrected chi connectivity index (χ4v) is 2.87. The summed E-state index contributed by atoms with van der Waals surface area (Å²) in [5.41, 5.74) is 1.58. The first-order valence-corrected chi connectivity index (χ1v) is 8.19. The van der Waals surface area contributed by atoms with Crippen molar-refractivity contribution in [2.45, 2.75) is 0 Å². The Morgan fingerprint density at radius 3 is 2.48 bits per heavy atom. The number of carbonyl (C=O) groups excluding carboxylic acids is 1. The predicted octanol–water partition coefficient (Wildman–Crippen LogP) is 4.04. The average Bonchev–Trinajstić information content (AvgIpc) is 2.96. The molecule has 1 amide bonds. The van der Waals surface area contributed by atoms with E-state index >= 15 is 0 Å². The van der Waals surface area contributed by atoms with Crippen LogP contribution in [0.15, 0.2) is 76.6 Å². The normalized spacial score (nSPS) is 17.4. The van der Waals surface area contributed by atoms with E-state index in [-0.39, 0.29) is 11.6 Å². The fourth-order valence-electron chi connectivity index (χ4n) is 2.07. The third-order valence-corrected chi connectivity index (χ3v) is 4.21. The van der Waals surface area contributed by atoms with Crippen LogP contribution in [0, 0.1) is 10.1 Å². The van der Waals surface area contributed by atoms with Crippen molar-refractivity contribution >= 4 is 40.3 Å². The highest BCUT2D eigenvalue weighted by Gasteiger charge is 2.23. The number of nitrogens with zero attached hydrogens (tertiary/aromatic N) is 2. The maximum Gasteiger partial charge on any atom is 0.269 e. The molecule has 1 aliphatic heterocycles. The first kappa shape index (κ1) is 16.7. The van der Waals surface area contributed by atoms with Gasteiger partial charge in [-0.3, -0.25) is 14.9 Å². The molecule has 3 rings (SSSR count). The molecule has 1 N–H and O–H groups in total. The molecule has 0 unspecified atom stereocenters. The molecular formula is C18H13N3O3S. The Balaban J connectivity index is 1.70. The molecule has 2 aromatic rings. The summed E-state index contributed by atoms with van der Waals surface area (Å²) < 4.78 is 0. The maximum absolute atomic E-state index is 12.0. The zero-order chi connectivity index (χ0) is 17.6. The summed E-state index contributed by atoms with van der Waals surface area (Å²) in [6.45, 7) is 0. The van der Waals surface area contributed by atoms with Crippen molar-refractivity contribution in [2.75, 3.05) is 0 Å². The Hall–Kier alpha value is -3.19. The lowest BCUT2D eigenvalue weighted by Crippen LogP contribution is -2.19. The molecule has 124 valence electrons. The molecule has 0 aromatic heterocycles. The van der Waals surface area contributed by atoms with Gasteiger partial charge in [-0.25, -0.2) is 4.99 Å². The maximum atomic E-state index is 12.0. The SMILES string of the molecule is O=C1NC(=Nc2ccc([N+](=O)[O-])cc2)S/C1=C\C=C/c1ccccc1. The number of hydrogen-bond acceptors (Lipinski definition) is 5. The molecule has 0 bridgehead atoms. The number of hydrogen-bond donors (Lipinski definition) is 1. The monoisotopic (exact) mass is 351 g/mol. The minimum atomic E-state index is -0.469. The van der Waals surface area contributed by atoms with E-state index in [9.17, 15) is 14.9 Å². The van der Waals surface area contributed by atoms with Crippen molar-refractivity contribution in [2.24, 2.45) is 4.99 Å². The number of carbonyl (C=O) groups is 1. The van der Waals surface area contributed by atoms with Crippen LogP contribution in [0.2, 0.25) is 0 Å². The van der Waals surface area contributed by atoms with Gasteiger partial charge in [-0.2, -0.15) is 0 Å². The summed E-state index contributed by atoms with van der Waals surface area (Å²) in [5.74, 6) is -0.219. The van der Waals surface area contributed by atoms with E-state index in [1.54, 1.807) is 6.08 Å². The quantitative estimate of drug-likeness (QED) is 0.512. The highest BCUT2D eigenvalue weighted by atomic mass is 32.2. The summed E-state index contributed by atoms with van der Waals surface area (Å²) in [6.07, 6.45) is 5.45. The van der Waals surface area contributed by atoms with Gasteiger partial charge in [0.2, 0.25) is 0 Å². The van der Waals surface area contributed by atoms with Crippen LogP contribution in [0.3, 0.4) is 0 Å². The minimum absolute atomic E-state index is 0.00121. The van der Waals surface area contributed by atoms with Gasteiger partial charge in [0.1, 0.15) is 0 Å². The van der Waals surface area contributed by atoms with Crippen LogP contribution in [-0.4, -0.2) is 16.0 Å². The lowest BCUT2D eigenvalue weighted by molar-refractivity contribution is -0.384. The molecule has 25 heavy (non-hydrogen) atoms. The Bertz CT molecular complexity index is 888. The van der Waals surface area contributed by atoms with Crippen molar-refractivity contribution in [3.8, 4) is 0 Å². The Labute approximate surface area is 148 Å². The second kappa shape index (κ2) is 7.59. The van der Waals surface area contributed by atoms with Crippen molar-refractivity contribution in [3.63, 3.8) is 0 Å². The van der Waals surface area contributed by atoms with Crippen molar-refractivity contribution < 1.29 is 9.72 Å². The lowest BCUT2D eigenvalue weighted by Gasteiger charge is -1.96. The Kier molecular flexibility index (Phi) is 5.06. The number of aliphatic imine (C=N–C) groups is 1. The number of nitro groups is 1. The molecule has 1 aliphatic rings. The topological polar surface area (TPSA) is 84.6 Å². The Morgan fingerprint density at radius 1 is 1.08 bits per heavy atom. The summed E-state index contributed by atoms with van der Waals surface area (Å²) >= 11 is 1.22. The van der Waals surface area contributed by atoms with Crippen LogP contribution in [-0.2, 0) is 4.79 Å². The molecule has 1 fully saturated rings. The second-order valence-electron chi connectivity index (χ2n) is 5.05. The molecule has 1 saturated heterocycles. The second-order valence-corrected chi connectivity index (χ2v) is 6.08. The van der Waals surface area contributed by atoms with E-state index in [2.05, 4.69) is 10.3 Å². The number of rotatable bonds is 4. The van der Waals surface area contributed by atoms with Gasteiger partial charge in [0.25, 0.3) is 11.6 Å². The number of thioether (sulfide) groups is 1. The van der Waals surface area contributed by atoms with E-state index in [0.717, 1.165) is 5.56 Å². The summed E-state index contributed by atoms with van der Waals surface area (Å²) in [5, 5.41) is 13.8. The zero-order valence-corrected chi connectivity index (χ0v) is 13.8. The first-order chi connectivity index (χ1) is 12.1. The minimum Gasteiger partial charge on any atom is -0.300 e. The fraction of sp³-hybridized carbons (Fsp3) is 0.